The van der Waals surface area contributed by atoms with E-state index in [0.29, 0.717) is 44.3 Å². The maximum absolute atomic E-state index is 14.5. The fraction of sp³-hybridized carbons (Fsp3) is 0.486. The lowest BCUT2D eigenvalue weighted by atomic mass is 9.98. The summed E-state index contributed by atoms with van der Waals surface area (Å²) in [5, 5.41) is 19.9. The molecule has 1 aromatic heterocycles. The van der Waals surface area contributed by atoms with Crippen molar-refractivity contribution in [2.24, 2.45) is 11.5 Å². The number of unbranched alkanes of at least 4 members (excludes halogenated alkanes) is 4. The lowest BCUT2D eigenvalue weighted by molar-refractivity contribution is -0.156. The number of imide groups is 1. The monoisotopic (exact) mass is 689 g/mol. The van der Waals surface area contributed by atoms with Crippen LogP contribution in [0.3, 0.4) is 0 Å². The number of hydrogen-bond donors (Lipinski definition) is 7. The molecule has 2 aromatic carbocycles. The number of nitrogens with two attached hydrogens (primary N) is 2. The molecule has 4 rings (SSSR count). The van der Waals surface area contributed by atoms with Crippen LogP contribution < -0.4 is 27.4 Å². The quantitative estimate of drug-likeness (QED) is 0.116. The normalized spacial score (nSPS) is 21.2. The number of amides is 5. The predicted molar refractivity (Wildman–Crippen MR) is 190 cm³/mol. The molecule has 5 atom stereocenters. The number of carbonyl (C=O) groups is 5. The Morgan fingerprint density at radius 2 is 1.42 bits per heavy atom. The summed E-state index contributed by atoms with van der Waals surface area (Å²) in [6, 6.07) is 11.3. The standard InChI is InChI=1S/C37H51N7O6/c1-24(45)33-37(50)44(32(46)18-7-2-3-11-19-38)31(21-25-13-5-4-6-14-25)36(49)42-30(22-26-23-40-28-16-9-8-15-27(26)28)35(48)41-29(34(47)43-33)17-10-12-20-39/h4-6,8-9,13-16,23-24,29-31,33,40,45H,2-3,7,10-12,17-22,38-39H2,1H3,(H,41,48)(H,42,49)(H,43,47)/t24-,29+,30+,31+,33+/m1/s1. The number of aromatic nitrogens is 1. The summed E-state index contributed by atoms with van der Waals surface area (Å²) in [6.07, 6.45) is 4.31. The third-order valence-corrected chi connectivity index (χ3v) is 9.10. The number of aliphatic hydroxyl groups excluding tert-OH is 1. The molecule has 1 aliphatic heterocycles. The van der Waals surface area contributed by atoms with Crippen molar-refractivity contribution in [3.05, 3.63) is 71.9 Å². The minimum atomic E-state index is -1.56. The number of carbonyl (C=O) groups excluding carboxylic acids is 5. The largest absolute Gasteiger partial charge is 0.391 e. The lowest BCUT2D eigenvalue weighted by Crippen LogP contribution is -2.65. The van der Waals surface area contributed by atoms with E-state index >= 15 is 0 Å². The van der Waals surface area contributed by atoms with Crippen LogP contribution in [0.1, 0.15) is 69.4 Å². The van der Waals surface area contributed by atoms with Crippen LogP contribution in [0.4, 0.5) is 0 Å². The summed E-state index contributed by atoms with van der Waals surface area (Å²) >= 11 is 0. The van der Waals surface area contributed by atoms with Gasteiger partial charge in [-0.15, -0.1) is 0 Å². The molecule has 13 nitrogen and oxygen atoms in total. The minimum absolute atomic E-state index is 0.0453. The summed E-state index contributed by atoms with van der Waals surface area (Å²) < 4.78 is 0. The Balaban J connectivity index is 1.79. The van der Waals surface area contributed by atoms with Crippen molar-refractivity contribution < 1.29 is 29.1 Å². The SMILES string of the molecule is C[C@@H](O)[C@@H]1NC(=O)[C@H](CCCCN)NC(=O)[C@H](Cc2c[nH]c3ccccc23)NC(=O)[C@H](Cc2ccccc2)N(C(=O)CCCCCCN)C1=O. The van der Waals surface area contributed by atoms with Crippen LogP contribution in [0.25, 0.3) is 10.9 Å². The number of nitrogens with zero attached hydrogens (tertiary/aromatic N) is 1. The molecular weight excluding hydrogens is 638 g/mol. The van der Waals surface area contributed by atoms with Gasteiger partial charge in [0.2, 0.25) is 23.6 Å². The first-order valence-corrected chi connectivity index (χ1v) is 17.6. The highest BCUT2D eigenvalue weighted by Crippen LogP contribution is 2.21. The second-order valence-electron chi connectivity index (χ2n) is 13.0. The van der Waals surface area contributed by atoms with Crippen LogP contribution in [0.2, 0.25) is 0 Å². The van der Waals surface area contributed by atoms with Crippen molar-refractivity contribution in [2.75, 3.05) is 13.1 Å². The van der Waals surface area contributed by atoms with Gasteiger partial charge in [0.25, 0.3) is 5.91 Å². The number of H-pyrrole nitrogens is 1. The second-order valence-corrected chi connectivity index (χ2v) is 13.0. The first kappa shape index (κ1) is 38.2. The van der Waals surface area contributed by atoms with Crippen LogP contribution in [0, 0.1) is 0 Å². The van der Waals surface area contributed by atoms with E-state index in [1.165, 1.54) is 6.92 Å². The molecule has 1 aliphatic rings. The molecule has 3 aromatic rings. The van der Waals surface area contributed by atoms with Gasteiger partial charge in [-0.05, 0) is 69.3 Å². The van der Waals surface area contributed by atoms with Crippen molar-refractivity contribution in [3.8, 4) is 0 Å². The van der Waals surface area contributed by atoms with E-state index in [1.54, 1.807) is 30.5 Å². The Morgan fingerprint density at radius 3 is 2.14 bits per heavy atom. The number of benzene rings is 2. The van der Waals surface area contributed by atoms with Crippen LogP contribution >= 0.6 is 0 Å². The van der Waals surface area contributed by atoms with Gasteiger partial charge in [-0.25, -0.2) is 0 Å². The molecule has 50 heavy (non-hydrogen) atoms. The van der Waals surface area contributed by atoms with Crippen LogP contribution in [0.15, 0.2) is 60.8 Å². The molecule has 0 aliphatic carbocycles. The van der Waals surface area contributed by atoms with E-state index in [1.807, 2.05) is 30.3 Å². The van der Waals surface area contributed by atoms with E-state index in [0.717, 1.165) is 34.2 Å². The summed E-state index contributed by atoms with van der Waals surface area (Å²) in [4.78, 5) is 74.9. The fourth-order valence-corrected chi connectivity index (χ4v) is 6.31. The van der Waals surface area contributed by atoms with Crippen molar-refractivity contribution in [1.29, 1.82) is 0 Å². The van der Waals surface area contributed by atoms with Gasteiger partial charge in [-0.2, -0.15) is 0 Å². The molecule has 0 bridgehead atoms. The molecule has 13 heteroatoms. The number of fused-ring (bicyclic) bond motifs is 1. The Morgan fingerprint density at radius 1 is 0.780 bits per heavy atom. The number of aromatic amines is 1. The fourth-order valence-electron chi connectivity index (χ4n) is 6.31. The molecule has 5 amide bonds. The summed E-state index contributed by atoms with van der Waals surface area (Å²) in [6.45, 7) is 2.23. The van der Waals surface area contributed by atoms with E-state index < -0.39 is 59.8 Å². The van der Waals surface area contributed by atoms with Crippen molar-refractivity contribution in [2.45, 2.75) is 101 Å². The third kappa shape index (κ3) is 10.2. The van der Waals surface area contributed by atoms with Gasteiger partial charge < -0.3 is 37.5 Å². The zero-order valence-electron chi connectivity index (χ0n) is 28.7. The molecule has 1 fully saturated rings. The summed E-state index contributed by atoms with van der Waals surface area (Å²) in [5.41, 5.74) is 13.6. The molecule has 0 saturated carbocycles. The van der Waals surface area contributed by atoms with Gasteiger partial charge in [-0.3, -0.25) is 28.9 Å². The Kier molecular flexibility index (Phi) is 14.5. The zero-order valence-corrected chi connectivity index (χ0v) is 28.7. The smallest absolute Gasteiger partial charge is 0.255 e. The third-order valence-electron chi connectivity index (χ3n) is 9.10. The first-order chi connectivity index (χ1) is 24.1. The van der Waals surface area contributed by atoms with E-state index in [-0.39, 0.29) is 25.7 Å². The summed E-state index contributed by atoms with van der Waals surface area (Å²) in [7, 11) is 0. The van der Waals surface area contributed by atoms with Crippen molar-refractivity contribution >= 4 is 40.4 Å². The average molecular weight is 690 g/mol. The van der Waals surface area contributed by atoms with Gasteiger partial charge in [0.1, 0.15) is 24.2 Å². The Labute approximate surface area is 292 Å². The minimum Gasteiger partial charge on any atom is -0.391 e. The van der Waals surface area contributed by atoms with Gasteiger partial charge in [0, 0.05) is 36.4 Å². The van der Waals surface area contributed by atoms with Gasteiger partial charge in [0.05, 0.1) is 6.10 Å². The van der Waals surface area contributed by atoms with Crippen LogP contribution in [-0.2, 0) is 36.8 Å². The van der Waals surface area contributed by atoms with E-state index in [9.17, 15) is 29.1 Å². The van der Waals surface area contributed by atoms with E-state index in [2.05, 4.69) is 20.9 Å². The Bertz CT molecular complexity index is 1590. The molecule has 0 radical (unpaired) electrons. The Hall–Kier alpha value is -4.59. The lowest BCUT2D eigenvalue weighted by Gasteiger charge is -2.36. The predicted octanol–water partition coefficient (Wildman–Crippen LogP) is 1.56. The van der Waals surface area contributed by atoms with Crippen LogP contribution in [0.5, 0.6) is 0 Å². The zero-order chi connectivity index (χ0) is 36.0. The van der Waals surface area contributed by atoms with Crippen LogP contribution in [-0.4, -0.2) is 87.9 Å². The number of aliphatic hydroxyl groups is 1. The van der Waals surface area contributed by atoms with Gasteiger partial charge in [0.15, 0.2) is 0 Å². The molecule has 2 heterocycles. The molecule has 9 N–H and O–H groups in total. The number of para-hydroxylation sites is 1. The maximum atomic E-state index is 14.5. The average Bonchev–Trinajstić information content (AvgIpc) is 3.51. The highest BCUT2D eigenvalue weighted by Gasteiger charge is 2.42. The van der Waals surface area contributed by atoms with Crippen molar-refractivity contribution in [1.82, 2.24) is 25.8 Å². The highest BCUT2D eigenvalue weighted by atomic mass is 16.3. The summed E-state index contributed by atoms with van der Waals surface area (Å²) in [5.74, 6) is -3.53. The van der Waals surface area contributed by atoms with Crippen molar-refractivity contribution in [3.63, 3.8) is 0 Å². The number of rotatable bonds is 15. The maximum Gasteiger partial charge on any atom is 0.255 e. The highest BCUT2D eigenvalue weighted by molar-refractivity contribution is 6.05. The number of hydrogen-bond acceptors (Lipinski definition) is 8. The molecule has 0 unspecified atom stereocenters. The van der Waals surface area contributed by atoms with E-state index in [4.69, 9.17) is 11.5 Å². The molecular formula is C37H51N7O6. The van der Waals surface area contributed by atoms with Gasteiger partial charge in [-0.1, -0.05) is 61.4 Å². The molecule has 270 valence electrons. The first-order valence-electron chi connectivity index (χ1n) is 17.6. The topological polar surface area (TPSA) is 213 Å². The molecule has 0 spiro atoms. The molecule has 1 saturated heterocycles. The number of nitrogens with one attached hydrogen (secondary N) is 4. The second kappa shape index (κ2) is 19.0. The van der Waals surface area contributed by atoms with Gasteiger partial charge >= 0.3 is 0 Å².